The Bertz CT molecular complexity index is 879. The molecule has 154 valence electrons. The summed E-state index contributed by atoms with van der Waals surface area (Å²) < 4.78 is 5.76. The summed E-state index contributed by atoms with van der Waals surface area (Å²) in [6, 6.07) is 5.46. The van der Waals surface area contributed by atoms with Gasteiger partial charge in [-0.05, 0) is 30.0 Å². The number of nitrogens with two attached hydrogens (primary N) is 1. The molecule has 3 fully saturated rings. The lowest BCUT2D eigenvalue weighted by molar-refractivity contribution is -0.136. The maximum Gasteiger partial charge on any atom is 0.255 e. The topological polar surface area (TPSA) is 105 Å². The molecule has 0 bridgehead atoms. The molecule has 1 aromatic rings. The lowest BCUT2D eigenvalue weighted by atomic mass is 9.77. The number of nitrogens with one attached hydrogen (secondary N) is 1. The Morgan fingerprint density at radius 3 is 2.79 bits per heavy atom. The van der Waals surface area contributed by atoms with Crippen LogP contribution in [0.15, 0.2) is 18.2 Å². The number of hydrogen-bond donors (Lipinski definition) is 2. The molecule has 4 aliphatic heterocycles. The number of hydrogen-bond acceptors (Lipinski definition) is 6. The summed E-state index contributed by atoms with van der Waals surface area (Å²) in [6.45, 7) is 4.58. The highest BCUT2D eigenvalue weighted by atomic mass is 16.5. The van der Waals surface area contributed by atoms with Crippen LogP contribution >= 0.6 is 0 Å². The van der Waals surface area contributed by atoms with Crippen molar-refractivity contribution in [2.24, 2.45) is 11.1 Å². The number of imide groups is 1. The molecule has 8 nitrogen and oxygen atoms in total. The fraction of sp³-hybridized carbons (Fsp3) is 0.571. The fourth-order valence-electron chi connectivity index (χ4n) is 5.24. The number of likely N-dealkylation sites (tertiary alicyclic amines) is 1. The molecule has 0 saturated carbocycles. The van der Waals surface area contributed by atoms with Gasteiger partial charge in [0, 0.05) is 50.1 Å². The van der Waals surface area contributed by atoms with Gasteiger partial charge in [0.1, 0.15) is 6.04 Å². The van der Waals surface area contributed by atoms with Crippen LogP contribution in [0.5, 0.6) is 0 Å². The first-order valence-corrected chi connectivity index (χ1v) is 10.3. The average molecular weight is 398 g/mol. The summed E-state index contributed by atoms with van der Waals surface area (Å²) in [4.78, 5) is 40.5. The molecule has 3 amide bonds. The van der Waals surface area contributed by atoms with Crippen molar-refractivity contribution in [3.63, 3.8) is 0 Å². The molecule has 1 spiro atoms. The molecule has 29 heavy (non-hydrogen) atoms. The zero-order valence-corrected chi connectivity index (χ0v) is 16.4. The number of rotatable bonds is 4. The highest BCUT2D eigenvalue weighted by Gasteiger charge is 2.48. The molecule has 0 aliphatic carbocycles. The molecule has 1 aromatic carbocycles. The van der Waals surface area contributed by atoms with Crippen LogP contribution in [0.1, 0.15) is 40.7 Å². The van der Waals surface area contributed by atoms with Crippen molar-refractivity contribution in [2.75, 3.05) is 26.2 Å². The van der Waals surface area contributed by atoms with E-state index in [2.05, 4.69) is 16.3 Å². The molecule has 4 aliphatic rings. The van der Waals surface area contributed by atoms with Crippen LogP contribution in [0.2, 0.25) is 0 Å². The first-order chi connectivity index (χ1) is 14.0. The Morgan fingerprint density at radius 1 is 1.24 bits per heavy atom. The van der Waals surface area contributed by atoms with Gasteiger partial charge in [-0.15, -0.1) is 0 Å². The van der Waals surface area contributed by atoms with Crippen LogP contribution in [0.25, 0.3) is 0 Å². The third-order valence-corrected chi connectivity index (χ3v) is 6.67. The standard InChI is InChI=1S/C21H26N4O4/c22-7-15-6-21(12-29-15)10-24(11-21)8-13-1-2-14-9-25(20(28)16(14)5-13)17-3-4-18(26)23-19(17)27/h1-2,5,15,17H,3-4,6-12,22H2,(H,23,26,27). The maximum absolute atomic E-state index is 12.9. The van der Waals surface area contributed by atoms with E-state index in [0.717, 1.165) is 43.8 Å². The number of amides is 3. The molecule has 0 aromatic heterocycles. The number of fused-ring (bicyclic) bond motifs is 1. The van der Waals surface area contributed by atoms with Gasteiger partial charge in [-0.2, -0.15) is 0 Å². The maximum atomic E-state index is 12.9. The normalized spacial score (nSPS) is 28.6. The highest BCUT2D eigenvalue weighted by Crippen LogP contribution is 2.41. The molecule has 3 N–H and O–H groups in total. The number of piperidine rings is 1. The Kier molecular flexibility index (Phi) is 4.45. The summed E-state index contributed by atoms with van der Waals surface area (Å²) >= 11 is 0. The van der Waals surface area contributed by atoms with E-state index in [9.17, 15) is 14.4 Å². The zero-order chi connectivity index (χ0) is 20.2. The molecule has 3 saturated heterocycles. The minimum Gasteiger partial charge on any atom is -0.376 e. The lowest BCUT2D eigenvalue weighted by Crippen LogP contribution is -2.56. The lowest BCUT2D eigenvalue weighted by Gasteiger charge is -2.47. The Hall–Kier alpha value is -2.29. The van der Waals surface area contributed by atoms with Crippen molar-refractivity contribution < 1.29 is 19.1 Å². The number of benzene rings is 1. The van der Waals surface area contributed by atoms with E-state index in [1.807, 2.05) is 12.1 Å². The Morgan fingerprint density at radius 2 is 2.07 bits per heavy atom. The summed E-state index contributed by atoms with van der Waals surface area (Å²) in [6.07, 6.45) is 1.88. The first kappa shape index (κ1) is 18.7. The molecule has 5 rings (SSSR count). The van der Waals surface area contributed by atoms with Gasteiger partial charge in [-0.25, -0.2) is 0 Å². The monoisotopic (exact) mass is 398 g/mol. The van der Waals surface area contributed by atoms with Gasteiger partial charge < -0.3 is 15.4 Å². The van der Waals surface area contributed by atoms with Crippen LogP contribution in [0.4, 0.5) is 0 Å². The van der Waals surface area contributed by atoms with Crippen molar-refractivity contribution >= 4 is 17.7 Å². The second-order valence-corrected chi connectivity index (χ2v) is 8.91. The van der Waals surface area contributed by atoms with Crippen LogP contribution < -0.4 is 11.1 Å². The van der Waals surface area contributed by atoms with E-state index in [0.29, 0.717) is 25.1 Å². The second kappa shape index (κ2) is 6.90. The first-order valence-electron chi connectivity index (χ1n) is 10.3. The summed E-state index contributed by atoms with van der Waals surface area (Å²) in [5, 5.41) is 2.34. The van der Waals surface area contributed by atoms with Gasteiger partial charge in [0.2, 0.25) is 11.8 Å². The minimum absolute atomic E-state index is 0.119. The predicted molar refractivity (Wildman–Crippen MR) is 104 cm³/mol. The third kappa shape index (κ3) is 3.25. The average Bonchev–Trinajstić information content (AvgIpc) is 3.24. The van der Waals surface area contributed by atoms with Crippen LogP contribution in [-0.4, -0.2) is 65.9 Å². The SMILES string of the molecule is NCC1CC2(CO1)CN(Cc1ccc3c(c1)C(=O)N(C1CCC(=O)NC1=O)C3)C2. The van der Waals surface area contributed by atoms with Gasteiger partial charge in [-0.3, -0.25) is 24.6 Å². The zero-order valence-electron chi connectivity index (χ0n) is 16.4. The second-order valence-electron chi connectivity index (χ2n) is 8.91. The minimum atomic E-state index is -0.566. The quantitative estimate of drug-likeness (QED) is 0.692. The van der Waals surface area contributed by atoms with E-state index in [-0.39, 0.29) is 35.7 Å². The molecule has 2 unspecified atom stereocenters. The summed E-state index contributed by atoms with van der Waals surface area (Å²) in [5.74, 6) is -0.759. The van der Waals surface area contributed by atoms with Crippen molar-refractivity contribution in [2.45, 2.75) is 44.5 Å². The summed E-state index contributed by atoms with van der Waals surface area (Å²) in [7, 11) is 0. The molecule has 2 atom stereocenters. The van der Waals surface area contributed by atoms with Crippen LogP contribution in [0.3, 0.4) is 0 Å². The van der Waals surface area contributed by atoms with Crippen molar-refractivity contribution in [3.05, 3.63) is 34.9 Å². The fourth-order valence-corrected chi connectivity index (χ4v) is 5.24. The van der Waals surface area contributed by atoms with Crippen molar-refractivity contribution in [1.29, 1.82) is 0 Å². The van der Waals surface area contributed by atoms with E-state index in [1.165, 1.54) is 0 Å². The van der Waals surface area contributed by atoms with Crippen molar-refractivity contribution in [3.8, 4) is 0 Å². The number of ether oxygens (including phenoxy) is 1. The number of carbonyl (C=O) groups excluding carboxylic acids is 3. The largest absolute Gasteiger partial charge is 0.376 e. The van der Waals surface area contributed by atoms with Gasteiger partial charge in [0.25, 0.3) is 5.91 Å². The molecular formula is C21H26N4O4. The highest BCUT2D eigenvalue weighted by molar-refractivity contribution is 6.05. The molecular weight excluding hydrogens is 372 g/mol. The van der Waals surface area contributed by atoms with Crippen LogP contribution in [0, 0.1) is 5.41 Å². The van der Waals surface area contributed by atoms with Crippen molar-refractivity contribution in [1.82, 2.24) is 15.1 Å². The Balaban J connectivity index is 1.23. The molecule has 4 heterocycles. The molecule has 0 radical (unpaired) electrons. The van der Waals surface area contributed by atoms with E-state index in [1.54, 1.807) is 4.90 Å². The Labute approximate surface area is 169 Å². The summed E-state index contributed by atoms with van der Waals surface area (Å²) in [5.41, 5.74) is 8.69. The van der Waals surface area contributed by atoms with E-state index in [4.69, 9.17) is 10.5 Å². The van der Waals surface area contributed by atoms with E-state index >= 15 is 0 Å². The van der Waals surface area contributed by atoms with Gasteiger partial charge in [-0.1, -0.05) is 12.1 Å². The van der Waals surface area contributed by atoms with Gasteiger partial charge in [0.05, 0.1) is 12.7 Å². The molecule has 8 heteroatoms. The third-order valence-electron chi connectivity index (χ3n) is 6.67. The predicted octanol–water partition coefficient (Wildman–Crippen LogP) is -0.00280. The van der Waals surface area contributed by atoms with E-state index < -0.39 is 6.04 Å². The van der Waals surface area contributed by atoms with Gasteiger partial charge in [0.15, 0.2) is 0 Å². The van der Waals surface area contributed by atoms with Gasteiger partial charge >= 0.3 is 0 Å². The number of carbonyl (C=O) groups is 3. The smallest absolute Gasteiger partial charge is 0.255 e. The number of nitrogens with zero attached hydrogens (tertiary/aromatic N) is 2. The van der Waals surface area contributed by atoms with Crippen LogP contribution in [-0.2, 0) is 27.4 Å².